The summed E-state index contributed by atoms with van der Waals surface area (Å²) in [4.78, 5) is 12.0. The Morgan fingerprint density at radius 3 is 3.10 bits per heavy atom. The lowest BCUT2D eigenvalue weighted by Crippen LogP contribution is -2.28. The van der Waals surface area contributed by atoms with Gasteiger partial charge in [-0.25, -0.2) is 4.39 Å². The number of nitrogens with zero attached hydrogens (tertiary/aromatic N) is 3. The van der Waals surface area contributed by atoms with Crippen molar-refractivity contribution in [1.82, 2.24) is 20.1 Å². The molecule has 1 aliphatic rings. The molecule has 3 rings (SSSR count). The number of aromatic nitrogens is 3. The molecule has 5 nitrogen and oxygen atoms in total. The third-order valence-electron chi connectivity index (χ3n) is 3.86. The number of halogens is 1. The van der Waals surface area contributed by atoms with E-state index >= 15 is 0 Å². The normalized spacial score (nSPS) is 20.3. The Labute approximate surface area is 122 Å². The monoisotopic (exact) mass is 288 g/mol. The van der Waals surface area contributed by atoms with Crippen molar-refractivity contribution < 1.29 is 9.18 Å². The molecule has 0 aliphatic heterocycles. The predicted molar refractivity (Wildman–Crippen MR) is 75.0 cm³/mol. The zero-order valence-electron chi connectivity index (χ0n) is 11.8. The third-order valence-corrected chi connectivity index (χ3v) is 3.86. The highest BCUT2D eigenvalue weighted by atomic mass is 19.1. The predicted octanol–water partition coefficient (Wildman–Crippen LogP) is 1.42. The van der Waals surface area contributed by atoms with Gasteiger partial charge >= 0.3 is 0 Å². The Hall–Kier alpha value is -2.24. The lowest BCUT2D eigenvalue weighted by Gasteiger charge is -2.05. The van der Waals surface area contributed by atoms with Crippen molar-refractivity contribution >= 4 is 5.91 Å². The van der Waals surface area contributed by atoms with Crippen molar-refractivity contribution in [3.63, 3.8) is 0 Å². The molecule has 0 unspecified atom stereocenters. The fourth-order valence-corrected chi connectivity index (χ4v) is 2.55. The number of nitrogens with one attached hydrogen (secondary N) is 1. The molecular formula is C15H17FN4O. The largest absolute Gasteiger partial charge is 0.355 e. The molecule has 2 atom stereocenters. The van der Waals surface area contributed by atoms with Gasteiger partial charge in [0.1, 0.15) is 18.0 Å². The zero-order valence-corrected chi connectivity index (χ0v) is 11.8. The molecule has 0 spiro atoms. The Morgan fingerprint density at radius 1 is 1.52 bits per heavy atom. The number of hydrogen-bond acceptors (Lipinski definition) is 3. The molecule has 1 aromatic heterocycles. The van der Waals surface area contributed by atoms with Gasteiger partial charge < -0.3 is 9.88 Å². The number of benzene rings is 1. The van der Waals surface area contributed by atoms with E-state index in [4.69, 9.17) is 0 Å². The van der Waals surface area contributed by atoms with E-state index in [1.807, 2.05) is 17.7 Å². The van der Waals surface area contributed by atoms with E-state index in [9.17, 15) is 9.18 Å². The molecule has 1 saturated carbocycles. The molecule has 6 heteroatoms. The molecule has 0 radical (unpaired) electrons. The number of aryl methyl sites for hydroxylation is 1. The summed E-state index contributed by atoms with van der Waals surface area (Å²) in [6.07, 6.45) is 3.08. The topological polar surface area (TPSA) is 59.8 Å². The van der Waals surface area contributed by atoms with Crippen LogP contribution in [-0.4, -0.2) is 27.2 Å². The first kappa shape index (κ1) is 13.7. The molecular weight excluding hydrogens is 271 g/mol. The van der Waals surface area contributed by atoms with Gasteiger partial charge in [0.25, 0.3) is 0 Å². The van der Waals surface area contributed by atoms with Crippen LogP contribution in [0, 0.1) is 11.7 Å². The van der Waals surface area contributed by atoms with Crippen molar-refractivity contribution in [1.29, 1.82) is 0 Å². The molecule has 1 N–H and O–H groups in total. The maximum Gasteiger partial charge on any atom is 0.223 e. The van der Waals surface area contributed by atoms with Gasteiger partial charge in [-0.1, -0.05) is 12.1 Å². The van der Waals surface area contributed by atoms with Crippen LogP contribution >= 0.6 is 0 Å². The summed E-state index contributed by atoms with van der Waals surface area (Å²) in [5, 5.41) is 10.7. The van der Waals surface area contributed by atoms with E-state index in [0.717, 1.165) is 17.8 Å². The van der Waals surface area contributed by atoms with Crippen LogP contribution in [0.4, 0.5) is 4.39 Å². The summed E-state index contributed by atoms with van der Waals surface area (Å²) in [5.41, 5.74) is 0.906. The fraction of sp³-hybridized carbons (Fsp3) is 0.400. The van der Waals surface area contributed by atoms with Crippen molar-refractivity contribution in [2.24, 2.45) is 13.0 Å². The van der Waals surface area contributed by atoms with Crippen LogP contribution in [0.15, 0.2) is 30.6 Å². The van der Waals surface area contributed by atoms with Gasteiger partial charge in [0.15, 0.2) is 0 Å². The molecule has 1 amide bonds. The lowest BCUT2D eigenvalue weighted by molar-refractivity contribution is -0.122. The summed E-state index contributed by atoms with van der Waals surface area (Å²) in [6, 6.07) is 6.49. The van der Waals surface area contributed by atoms with E-state index in [0.29, 0.717) is 13.0 Å². The smallest absolute Gasteiger partial charge is 0.223 e. The minimum absolute atomic E-state index is 0.0337. The highest BCUT2D eigenvalue weighted by molar-refractivity contribution is 5.82. The van der Waals surface area contributed by atoms with Gasteiger partial charge in [0.05, 0.1) is 0 Å². The van der Waals surface area contributed by atoms with Crippen LogP contribution in [0.25, 0.3) is 0 Å². The summed E-state index contributed by atoms with van der Waals surface area (Å²) < 4.78 is 15.0. The quantitative estimate of drug-likeness (QED) is 0.905. The van der Waals surface area contributed by atoms with Gasteiger partial charge in [-0.3, -0.25) is 4.79 Å². The Bertz CT molecular complexity index is 655. The molecule has 0 saturated heterocycles. The number of rotatable bonds is 5. The standard InChI is InChI=1S/C15H17FN4O/c1-20-9-18-19-14(20)5-6-17-15(21)13-8-12(13)10-3-2-4-11(16)7-10/h2-4,7,9,12-13H,5-6,8H2,1H3,(H,17,21)/t12-,13-/m1/s1. The van der Waals surface area contributed by atoms with Crippen molar-refractivity contribution in [2.75, 3.05) is 6.54 Å². The first-order valence-corrected chi connectivity index (χ1v) is 7.01. The van der Waals surface area contributed by atoms with Crippen LogP contribution in [0.1, 0.15) is 23.7 Å². The van der Waals surface area contributed by atoms with Crippen molar-refractivity contribution in [3.8, 4) is 0 Å². The summed E-state index contributed by atoms with van der Waals surface area (Å²) in [6.45, 7) is 0.539. The minimum Gasteiger partial charge on any atom is -0.355 e. The number of carbonyl (C=O) groups is 1. The highest BCUT2D eigenvalue weighted by Crippen LogP contribution is 2.47. The van der Waals surface area contributed by atoms with Gasteiger partial charge in [0, 0.05) is 25.9 Å². The molecule has 1 heterocycles. The Balaban J connectivity index is 1.48. The van der Waals surface area contributed by atoms with Gasteiger partial charge in [-0.2, -0.15) is 0 Å². The van der Waals surface area contributed by atoms with E-state index in [1.165, 1.54) is 12.1 Å². The third kappa shape index (κ3) is 3.09. The Morgan fingerprint density at radius 2 is 2.38 bits per heavy atom. The Kier molecular flexibility index (Phi) is 3.68. The summed E-state index contributed by atoms with van der Waals surface area (Å²) in [7, 11) is 1.87. The van der Waals surface area contributed by atoms with Crippen LogP contribution in [0.3, 0.4) is 0 Å². The number of carbonyl (C=O) groups excluding carboxylic acids is 1. The zero-order chi connectivity index (χ0) is 14.8. The average molecular weight is 288 g/mol. The molecule has 1 aliphatic carbocycles. The number of hydrogen-bond donors (Lipinski definition) is 1. The maximum atomic E-state index is 13.2. The average Bonchev–Trinajstić information content (AvgIpc) is 3.17. The highest BCUT2D eigenvalue weighted by Gasteiger charge is 2.43. The van der Waals surface area contributed by atoms with Crippen molar-refractivity contribution in [3.05, 3.63) is 47.8 Å². The lowest BCUT2D eigenvalue weighted by atomic mass is 10.1. The second kappa shape index (κ2) is 5.63. The van der Waals surface area contributed by atoms with Gasteiger partial charge in [-0.15, -0.1) is 10.2 Å². The van der Waals surface area contributed by atoms with Crippen molar-refractivity contribution in [2.45, 2.75) is 18.8 Å². The van der Waals surface area contributed by atoms with E-state index < -0.39 is 0 Å². The van der Waals surface area contributed by atoms with E-state index in [-0.39, 0.29) is 23.6 Å². The SMILES string of the molecule is Cn1cnnc1CCNC(=O)[C@@H]1C[C@@H]1c1cccc(F)c1. The second-order valence-corrected chi connectivity index (χ2v) is 5.40. The van der Waals surface area contributed by atoms with Crippen LogP contribution in [-0.2, 0) is 18.3 Å². The molecule has 110 valence electrons. The minimum atomic E-state index is -0.249. The molecule has 21 heavy (non-hydrogen) atoms. The fourth-order valence-electron chi connectivity index (χ4n) is 2.55. The summed E-state index contributed by atoms with van der Waals surface area (Å²) >= 11 is 0. The van der Waals surface area contributed by atoms with Crippen LogP contribution in [0.2, 0.25) is 0 Å². The molecule has 1 fully saturated rings. The van der Waals surface area contributed by atoms with Gasteiger partial charge in [0.2, 0.25) is 5.91 Å². The van der Waals surface area contributed by atoms with Crippen LogP contribution < -0.4 is 5.32 Å². The number of amides is 1. The first-order valence-electron chi connectivity index (χ1n) is 7.01. The maximum absolute atomic E-state index is 13.2. The van der Waals surface area contributed by atoms with Gasteiger partial charge in [-0.05, 0) is 30.0 Å². The summed E-state index contributed by atoms with van der Waals surface area (Å²) in [5.74, 6) is 0.738. The first-order chi connectivity index (χ1) is 10.1. The molecule has 1 aromatic carbocycles. The van der Waals surface area contributed by atoms with E-state index in [1.54, 1.807) is 12.4 Å². The van der Waals surface area contributed by atoms with E-state index in [2.05, 4.69) is 15.5 Å². The molecule has 2 aromatic rings. The van der Waals surface area contributed by atoms with Crippen LogP contribution in [0.5, 0.6) is 0 Å². The molecule has 0 bridgehead atoms. The second-order valence-electron chi connectivity index (χ2n) is 5.40.